The number of quaternary nitrogens is 1. The minimum Gasteiger partial charge on any atom is -0.333 e. The molecule has 0 aromatic carbocycles. The summed E-state index contributed by atoms with van der Waals surface area (Å²) >= 11 is 0. The Bertz CT molecular complexity index is 181. The largest absolute Gasteiger partial charge is 0.333 e. The minimum atomic E-state index is 0.854. The molecule has 1 N–H and O–H groups in total. The van der Waals surface area contributed by atoms with Crippen LogP contribution in [0.1, 0.15) is 33.1 Å². The highest BCUT2D eigenvalue weighted by Crippen LogP contribution is 2.27. The predicted octanol–water partition coefficient (Wildman–Crippen LogP) is 0.146. The van der Waals surface area contributed by atoms with Gasteiger partial charge in [0.05, 0.1) is 19.6 Å². The average molecular weight is 183 g/mol. The SMILES string of the molecule is CCC1C2CCC(C)N2CC[NH+]1C. The van der Waals surface area contributed by atoms with Gasteiger partial charge >= 0.3 is 0 Å². The molecule has 4 atom stereocenters. The molecule has 0 aromatic rings. The van der Waals surface area contributed by atoms with E-state index in [1.54, 1.807) is 4.90 Å². The molecule has 2 saturated heterocycles. The number of nitrogens with zero attached hydrogens (tertiary/aromatic N) is 1. The van der Waals surface area contributed by atoms with E-state index in [1.807, 2.05) is 0 Å². The number of likely N-dealkylation sites (N-methyl/N-ethyl adjacent to an activating group) is 1. The Balaban J connectivity index is 2.09. The summed E-state index contributed by atoms with van der Waals surface area (Å²) in [5.74, 6) is 0. The molecule has 76 valence electrons. The third-order valence-electron chi connectivity index (χ3n) is 4.17. The fourth-order valence-corrected chi connectivity index (χ4v) is 3.33. The lowest BCUT2D eigenvalue weighted by atomic mass is 9.99. The molecule has 2 aliphatic rings. The van der Waals surface area contributed by atoms with Gasteiger partial charge in [-0.05, 0) is 26.2 Å². The fourth-order valence-electron chi connectivity index (χ4n) is 3.33. The molecule has 0 aliphatic carbocycles. The molecule has 2 nitrogen and oxygen atoms in total. The summed E-state index contributed by atoms with van der Waals surface area (Å²) < 4.78 is 0. The van der Waals surface area contributed by atoms with Crippen molar-refractivity contribution < 1.29 is 4.90 Å². The maximum Gasteiger partial charge on any atom is 0.103 e. The topological polar surface area (TPSA) is 7.68 Å². The molecule has 0 amide bonds. The van der Waals surface area contributed by atoms with E-state index in [2.05, 4.69) is 25.8 Å². The highest BCUT2D eigenvalue weighted by atomic mass is 15.3. The van der Waals surface area contributed by atoms with Crippen LogP contribution in [0.5, 0.6) is 0 Å². The molecule has 2 heteroatoms. The molecule has 4 unspecified atom stereocenters. The van der Waals surface area contributed by atoms with E-state index < -0.39 is 0 Å². The van der Waals surface area contributed by atoms with E-state index in [-0.39, 0.29) is 0 Å². The Kier molecular flexibility index (Phi) is 2.61. The zero-order valence-corrected chi connectivity index (χ0v) is 9.21. The van der Waals surface area contributed by atoms with Gasteiger partial charge in [-0.25, -0.2) is 0 Å². The van der Waals surface area contributed by atoms with Gasteiger partial charge in [0.1, 0.15) is 6.04 Å². The van der Waals surface area contributed by atoms with Gasteiger partial charge in [0.15, 0.2) is 0 Å². The zero-order chi connectivity index (χ0) is 9.42. The molecule has 0 saturated carbocycles. The molecular formula is C11H23N2+. The van der Waals surface area contributed by atoms with Crippen LogP contribution in [0, 0.1) is 0 Å². The smallest absolute Gasteiger partial charge is 0.103 e. The van der Waals surface area contributed by atoms with Crippen LogP contribution in [0.15, 0.2) is 0 Å². The number of rotatable bonds is 1. The molecule has 2 heterocycles. The van der Waals surface area contributed by atoms with Crippen molar-refractivity contribution in [2.75, 3.05) is 20.1 Å². The van der Waals surface area contributed by atoms with Crippen molar-refractivity contribution in [3.05, 3.63) is 0 Å². The van der Waals surface area contributed by atoms with Gasteiger partial charge in [0, 0.05) is 12.6 Å². The molecule has 0 aromatic heterocycles. The number of nitrogens with one attached hydrogen (secondary N) is 1. The molecule has 0 bridgehead atoms. The Morgan fingerprint density at radius 1 is 1.38 bits per heavy atom. The molecule has 2 fully saturated rings. The summed E-state index contributed by atoms with van der Waals surface area (Å²) in [6.45, 7) is 7.42. The van der Waals surface area contributed by atoms with Crippen molar-refractivity contribution in [2.24, 2.45) is 0 Å². The first-order chi connectivity index (χ1) is 6.24. The van der Waals surface area contributed by atoms with Gasteiger partial charge in [-0.15, -0.1) is 0 Å². The van der Waals surface area contributed by atoms with Crippen molar-refractivity contribution in [2.45, 2.75) is 51.2 Å². The maximum absolute atomic E-state index is 2.75. The lowest BCUT2D eigenvalue weighted by molar-refractivity contribution is -0.914. The van der Waals surface area contributed by atoms with Crippen molar-refractivity contribution in [1.29, 1.82) is 0 Å². The van der Waals surface area contributed by atoms with E-state index in [9.17, 15) is 0 Å². The van der Waals surface area contributed by atoms with Crippen LogP contribution in [-0.2, 0) is 0 Å². The fraction of sp³-hybridized carbons (Fsp3) is 1.00. The average Bonchev–Trinajstić information content (AvgIpc) is 2.48. The Hall–Kier alpha value is -0.0800. The summed E-state index contributed by atoms with van der Waals surface area (Å²) in [6.07, 6.45) is 4.21. The van der Waals surface area contributed by atoms with E-state index in [0.717, 1.165) is 18.1 Å². The van der Waals surface area contributed by atoms with Gasteiger partial charge < -0.3 is 4.90 Å². The van der Waals surface area contributed by atoms with Gasteiger partial charge in [-0.3, -0.25) is 4.90 Å². The number of hydrogen-bond acceptors (Lipinski definition) is 1. The summed E-state index contributed by atoms with van der Waals surface area (Å²) in [4.78, 5) is 4.51. The quantitative estimate of drug-likeness (QED) is 0.608. The summed E-state index contributed by atoms with van der Waals surface area (Å²) in [5, 5.41) is 0. The Labute approximate surface area is 81.9 Å². The molecule has 2 rings (SSSR count). The van der Waals surface area contributed by atoms with Gasteiger partial charge in [-0.2, -0.15) is 0 Å². The third-order valence-corrected chi connectivity index (χ3v) is 4.17. The van der Waals surface area contributed by atoms with Crippen LogP contribution in [0.3, 0.4) is 0 Å². The monoisotopic (exact) mass is 183 g/mol. The molecule has 13 heavy (non-hydrogen) atoms. The summed E-state index contributed by atoms with van der Waals surface area (Å²) in [7, 11) is 2.37. The maximum atomic E-state index is 2.75. The van der Waals surface area contributed by atoms with Crippen molar-refractivity contribution in [3.63, 3.8) is 0 Å². The number of piperazine rings is 1. The van der Waals surface area contributed by atoms with E-state index >= 15 is 0 Å². The summed E-state index contributed by atoms with van der Waals surface area (Å²) in [5.41, 5.74) is 0. The van der Waals surface area contributed by atoms with Crippen LogP contribution < -0.4 is 4.90 Å². The minimum absolute atomic E-state index is 0.854. The van der Waals surface area contributed by atoms with E-state index in [4.69, 9.17) is 0 Å². The van der Waals surface area contributed by atoms with Gasteiger partial charge in [0.25, 0.3) is 0 Å². The van der Waals surface area contributed by atoms with Crippen LogP contribution in [0.4, 0.5) is 0 Å². The van der Waals surface area contributed by atoms with E-state index in [1.165, 1.54) is 32.4 Å². The van der Waals surface area contributed by atoms with Crippen LogP contribution in [-0.4, -0.2) is 43.2 Å². The second kappa shape index (κ2) is 3.58. The normalized spacial score (nSPS) is 46.4. The van der Waals surface area contributed by atoms with Crippen molar-refractivity contribution >= 4 is 0 Å². The first-order valence-electron chi connectivity index (χ1n) is 5.82. The lowest BCUT2D eigenvalue weighted by Gasteiger charge is -2.41. The second-order valence-electron chi connectivity index (χ2n) is 4.84. The number of hydrogen-bond donors (Lipinski definition) is 1. The lowest BCUT2D eigenvalue weighted by Crippen LogP contribution is -3.16. The Morgan fingerprint density at radius 3 is 2.85 bits per heavy atom. The van der Waals surface area contributed by atoms with E-state index in [0.29, 0.717) is 0 Å². The standard InChI is InChI=1S/C11H22N2/c1-4-10-11-6-5-9(2)13(11)8-7-12(10)3/h9-11H,4-8H2,1-3H3/p+1. The van der Waals surface area contributed by atoms with Crippen LogP contribution in [0.2, 0.25) is 0 Å². The van der Waals surface area contributed by atoms with Crippen LogP contribution >= 0.6 is 0 Å². The molecule has 0 spiro atoms. The second-order valence-corrected chi connectivity index (χ2v) is 4.84. The Morgan fingerprint density at radius 2 is 2.15 bits per heavy atom. The zero-order valence-electron chi connectivity index (χ0n) is 9.21. The highest BCUT2D eigenvalue weighted by molar-refractivity contribution is 4.91. The van der Waals surface area contributed by atoms with Crippen molar-refractivity contribution in [1.82, 2.24) is 4.90 Å². The van der Waals surface area contributed by atoms with Gasteiger partial charge in [0.2, 0.25) is 0 Å². The van der Waals surface area contributed by atoms with Crippen molar-refractivity contribution in [3.8, 4) is 0 Å². The third kappa shape index (κ3) is 1.50. The predicted molar refractivity (Wildman–Crippen MR) is 55.0 cm³/mol. The molecule has 2 aliphatic heterocycles. The summed E-state index contributed by atoms with van der Waals surface area (Å²) in [6, 6.07) is 2.65. The molecular weight excluding hydrogens is 160 g/mol. The first kappa shape index (κ1) is 9.47. The van der Waals surface area contributed by atoms with Gasteiger partial charge in [-0.1, -0.05) is 6.92 Å². The number of fused-ring (bicyclic) bond motifs is 1. The molecule has 0 radical (unpaired) electrons. The highest BCUT2D eigenvalue weighted by Gasteiger charge is 2.42. The first-order valence-corrected chi connectivity index (χ1v) is 5.82. The van der Waals surface area contributed by atoms with Crippen LogP contribution in [0.25, 0.3) is 0 Å².